The topological polar surface area (TPSA) is 95.9 Å². The van der Waals surface area contributed by atoms with Crippen molar-refractivity contribution in [2.45, 2.75) is 39.0 Å². The fourth-order valence-corrected chi connectivity index (χ4v) is 3.17. The number of carboxylic acid groups (broad SMARTS) is 1. The van der Waals surface area contributed by atoms with Crippen LogP contribution in [0, 0.1) is 11.3 Å². The van der Waals surface area contributed by atoms with Gasteiger partial charge in [0.15, 0.2) is 0 Å². The number of carboxylic acids is 1. The Labute approximate surface area is 134 Å². The van der Waals surface area contributed by atoms with E-state index in [9.17, 15) is 19.5 Å². The summed E-state index contributed by atoms with van der Waals surface area (Å²) in [6.45, 7) is 2.97. The van der Waals surface area contributed by atoms with Gasteiger partial charge in [-0.1, -0.05) is 6.92 Å². The lowest BCUT2D eigenvalue weighted by Crippen LogP contribution is -2.53. The fraction of sp³-hybridized carbons (Fsp3) is 0.688. The molecule has 0 spiro atoms. The van der Waals surface area contributed by atoms with Crippen molar-refractivity contribution in [2.75, 3.05) is 19.7 Å². The number of carbonyl (C=O) groups is 3. The molecule has 1 atom stereocenters. The zero-order valence-corrected chi connectivity index (χ0v) is 13.3. The van der Waals surface area contributed by atoms with Gasteiger partial charge in [0.1, 0.15) is 5.41 Å². The van der Waals surface area contributed by atoms with E-state index < -0.39 is 17.3 Å². The summed E-state index contributed by atoms with van der Waals surface area (Å²) in [4.78, 5) is 37.5. The Bertz CT molecular complexity index is 581. The third kappa shape index (κ3) is 2.92. The Balaban J connectivity index is 1.70. The smallest absolute Gasteiger partial charge is 0.410 e. The van der Waals surface area contributed by atoms with Crippen LogP contribution < -0.4 is 5.32 Å². The van der Waals surface area contributed by atoms with Gasteiger partial charge in [-0.05, 0) is 37.2 Å². The van der Waals surface area contributed by atoms with Gasteiger partial charge in [0.05, 0.1) is 6.61 Å². The average Bonchev–Trinajstić information content (AvgIpc) is 3.35. The molecule has 126 valence electrons. The van der Waals surface area contributed by atoms with E-state index in [0.29, 0.717) is 32.0 Å². The van der Waals surface area contributed by atoms with Crippen molar-refractivity contribution < 1.29 is 24.2 Å². The first-order chi connectivity index (χ1) is 11.0. The van der Waals surface area contributed by atoms with E-state index in [-0.39, 0.29) is 18.9 Å². The second kappa shape index (κ2) is 5.86. The first-order valence-corrected chi connectivity index (χ1v) is 8.13. The number of nitrogens with zero attached hydrogens (tertiary/aromatic N) is 1. The minimum atomic E-state index is -1.43. The van der Waals surface area contributed by atoms with Crippen molar-refractivity contribution in [1.82, 2.24) is 10.2 Å². The van der Waals surface area contributed by atoms with Gasteiger partial charge in [-0.2, -0.15) is 0 Å². The van der Waals surface area contributed by atoms with Crippen LogP contribution in [0.15, 0.2) is 11.3 Å². The van der Waals surface area contributed by atoms with E-state index in [2.05, 4.69) is 5.32 Å². The second-order valence-electron chi connectivity index (χ2n) is 6.65. The number of rotatable bonds is 4. The summed E-state index contributed by atoms with van der Waals surface area (Å²) in [6.07, 6.45) is 2.79. The van der Waals surface area contributed by atoms with Crippen molar-refractivity contribution in [3.05, 3.63) is 11.3 Å². The zero-order valence-electron chi connectivity index (χ0n) is 13.3. The highest BCUT2D eigenvalue weighted by Gasteiger charge is 2.49. The summed E-state index contributed by atoms with van der Waals surface area (Å²) in [5.41, 5.74) is 0.162. The van der Waals surface area contributed by atoms with Crippen molar-refractivity contribution in [3.8, 4) is 0 Å². The highest BCUT2D eigenvalue weighted by molar-refractivity contribution is 6.03. The largest absolute Gasteiger partial charge is 0.480 e. The van der Waals surface area contributed by atoms with E-state index >= 15 is 0 Å². The SMILES string of the molecule is CCC1(C(=O)O)CC2=C(CCN(C(=O)OCC3CC3)C2)NC1=O. The molecule has 2 N–H and O–H groups in total. The Kier molecular flexibility index (Phi) is 4.04. The molecule has 3 aliphatic rings. The van der Waals surface area contributed by atoms with Crippen molar-refractivity contribution >= 4 is 18.0 Å². The highest BCUT2D eigenvalue weighted by Crippen LogP contribution is 2.38. The molecule has 0 bridgehead atoms. The Morgan fingerprint density at radius 3 is 2.78 bits per heavy atom. The highest BCUT2D eigenvalue weighted by atomic mass is 16.6. The molecular formula is C16H22N2O5. The number of carbonyl (C=O) groups excluding carboxylic acids is 2. The van der Waals surface area contributed by atoms with Crippen molar-refractivity contribution in [2.24, 2.45) is 11.3 Å². The quantitative estimate of drug-likeness (QED) is 0.765. The van der Waals surface area contributed by atoms with Crippen LogP contribution in [0.1, 0.15) is 39.0 Å². The Hall–Kier alpha value is -2.05. The molecule has 2 aliphatic heterocycles. The molecule has 1 unspecified atom stereocenters. The van der Waals surface area contributed by atoms with Gasteiger partial charge in [-0.15, -0.1) is 0 Å². The van der Waals surface area contributed by atoms with Gasteiger partial charge >= 0.3 is 12.1 Å². The van der Waals surface area contributed by atoms with E-state index in [1.807, 2.05) is 0 Å². The Morgan fingerprint density at radius 2 is 2.17 bits per heavy atom. The number of hydrogen-bond acceptors (Lipinski definition) is 4. The minimum Gasteiger partial charge on any atom is -0.480 e. The van der Waals surface area contributed by atoms with Crippen LogP contribution in [0.4, 0.5) is 4.79 Å². The van der Waals surface area contributed by atoms with Gasteiger partial charge in [-0.3, -0.25) is 9.59 Å². The van der Waals surface area contributed by atoms with Gasteiger partial charge in [-0.25, -0.2) is 4.79 Å². The third-order valence-electron chi connectivity index (χ3n) is 5.07. The number of amides is 2. The number of aliphatic carboxylic acids is 1. The Morgan fingerprint density at radius 1 is 1.43 bits per heavy atom. The average molecular weight is 322 g/mol. The molecule has 2 heterocycles. The van der Waals surface area contributed by atoms with Gasteiger partial charge in [0, 0.05) is 25.2 Å². The number of ether oxygens (including phenoxy) is 1. The first kappa shape index (κ1) is 15.8. The van der Waals surface area contributed by atoms with Crippen LogP contribution in [-0.2, 0) is 14.3 Å². The number of hydrogen-bond donors (Lipinski definition) is 2. The maximum Gasteiger partial charge on any atom is 0.410 e. The van der Waals surface area contributed by atoms with E-state index in [1.54, 1.807) is 11.8 Å². The van der Waals surface area contributed by atoms with Gasteiger partial charge in [0.2, 0.25) is 5.91 Å². The van der Waals surface area contributed by atoms with E-state index in [4.69, 9.17) is 4.74 Å². The third-order valence-corrected chi connectivity index (χ3v) is 5.07. The molecule has 7 nitrogen and oxygen atoms in total. The van der Waals surface area contributed by atoms with Crippen LogP contribution >= 0.6 is 0 Å². The van der Waals surface area contributed by atoms with Crippen LogP contribution in [0.3, 0.4) is 0 Å². The van der Waals surface area contributed by atoms with Crippen LogP contribution in [0.25, 0.3) is 0 Å². The minimum absolute atomic E-state index is 0.159. The number of nitrogens with one attached hydrogen (secondary N) is 1. The molecule has 7 heteroatoms. The van der Waals surface area contributed by atoms with Crippen LogP contribution in [0.5, 0.6) is 0 Å². The molecular weight excluding hydrogens is 300 g/mol. The van der Waals surface area contributed by atoms with E-state index in [0.717, 1.165) is 24.1 Å². The molecule has 1 fully saturated rings. The predicted molar refractivity (Wildman–Crippen MR) is 80.4 cm³/mol. The molecule has 3 rings (SSSR count). The standard InChI is InChI=1S/C16H22N2O5/c1-2-16(14(20)21)7-11-8-18(6-5-12(11)17-13(16)19)15(22)23-9-10-3-4-10/h10H,2-9H2,1H3,(H,17,19)(H,20,21). The molecule has 0 aromatic heterocycles. The molecule has 2 amide bonds. The van der Waals surface area contributed by atoms with Crippen LogP contribution in [0.2, 0.25) is 0 Å². The molecule has 1 aliphatic carbocycles. The predicted octanol–water partition coefficient (Wildman–Crippen LogP) is 1.49. The molecule has 0 radical (unpaired) electrons. The van der Waals surface area contributed by atoms with Crippen molar-refractivity contribution in [3.63, 3.8) is 0 Å². The summed E-state index contributed by atoms with van der Waals surface area (Å²) in [7, 11) is 0. The fourth-order valence-electron chi connectivity index (χ4n) is 3.17. The van der Waals surface area contributed by atoms with Gasteiger partial charge in [0.25, 0.3) is 0 Å². The molecule has 23 heavy (non-hydrogen) atoms. The van der Waals surface area contributed by atoms with Gasteiger partial charge < -0.3 is 20.1 Å². The molecule has 0 saturated heterocycles. The summed E-state index contributed by atoms with van der Waals surface area (Å²) in [5.74, 6) is -1.05. The van der Waals surface area contributed by atoms with Crippen LogP contribution in [-0.4, -0.2) is 47.7 Å². The maximum atomic E-state index is 12.2. The lowest BCUT2D eigenvalue weighted by molar-refractivity contribution is -0.156. The lowest BCUT2D eigenvalue weighted by atomic mass is 9.74. The normalized spacial score (nSPS) is 27.3. The maximum absolute atomic E-state index is 12.2. The van der Waals surface area contributed by atoms with E-state index in [1.165, 1.54) is 0 Å². The zero-order chi connectivity index (χ0) is 16.6. The second-order valence-corrected chi connectivity index (χ2v) is 6.65. The first-order valence-electron chi connectivity index (χ1n) is 8.13. The molecule has 1 saturated carbocycles. The molecule has 0 aromatic rings. The summed E-state index contributed by atoms with van der Waals surface area (Å²) in [6, 6.07) is 0. The monoisotopic (exact) mass is 322 g/mol. The summed E-state index contributed by atoms with van der Waals surface area (Å²) >= 11 is 0. The molecule has 0 aromatic carbocycles. The summed E-state index contributed by atoms with van der Waals surface area (Å²) < 4.78 is 5.29. The summed E-state index contributed by atoms with van der Waals surface area (Å²) in [5, 5.41) is 12.2. The lowest BCUT2D eigenvalue weighted by Gasteiger charge is -2.39. The van der Waals surface area contributed by atoms with Crippen molar-refractivity contribution in [1.29, 1.82) is 0 Å².